The minimum absolute atomic E-state index is 0.0847. The summed E-state index contributed by atoms with van der Waals surface area (Å²) in [7, 11) is 0. The Hall–Kier alpha value is -4.38. The number of aromatic amines is 1. The molecule has 2 N–H and O–H groups in total. The second-order valence-electron chi connectivity index (χ2n) is 7.08. The smallest absolute Gasteiger partial charge is 0.276 e. The van der Waals surface area contributed by atoms with Crippen LogP contribution in [-0.2, 0) is 0 Å². The first-order chi connectivity index (χ1) is 16.2. The van der Waals surface area contributed by atoms with Crippen LogP contribution in [0.5, 0.6) is 0 Å². The van der Waals surface area contributed by atoms with Gasteiger partial charge in [0.05, 0.1) is 22.0 Å². The van der Waals surface area contributed by atoms with Gasteiger partial charge in [-0.1, -0.05) is 52.8 Å². The molecule has 10 nitrogen and oxygen atoms in total. The molecule has 0 aliphatic rings. The van der Waals surface area contributed by atoms with Gasteiger partial charge in [0.15, 0.2) is 0 Å². The van der Waals surface area contributed by atoms with Crippen LogP contribution in [0, 0.1) is 0 Å². The normalized spacial score (nSPS) is 12.3. The van der Waals surface area contributed by atoms with Crippen LogP contribution in [0.3, 0.4) is 0 Å². The maximum absolute atomic E-state index is 12.4. The molecule has 5 aromatic rings. The number of benzene rings is 2. The van der Waals surface area contributed by atoms with E-state index in [-0.39, 0.29) is 17.7 Å². The Labute approximate surface area is 191 Å². The number of H-pyrrole nitrogens is 1. The summed E-state index contributed by atoms with van der Waals surface area (Å²) in [6.45, 7) is 1.97. The number of aromatic nitrogens is 6. The number of fused-ring (bicyclic) bond motifs is 1. The Morgan fingerprint density at radius 2 is 1.94 bits per heavy atom. The fourth-order valence-corrected chi connectivity index (χ4v) is 3.96. The molecule has 5 rings (SSSR count). The van der Waals surface area contributed by atoms with Crippen molar-refractivity contribution in [2.45, 2.75) is 13.0 Å². The van der Waals surface area contributed by atoms with Gasteiger partial charge in [0, 0.05) is 5.56 Å². The third-order valence-electron chi connectivity index (χ3n) is 4.82. The summed E-state index contributed by atoms with van der Waals surface area (Å²) in [4.78, 5) is 21.4. The standard InChI is InChI=1S/C22H17N9OS/c1-13(26-29-22-24-17-8-2-3-11-19(17)33-22)14-6-4-7-15(12-14)16-9-5-10-18(23-16)20(32)25-21-27-30-31-28-21/h2-13H,1H3,(H2,25,27,28,30,31,32). The molecule has 0 aliphatic carbocycles. The first-order valence-corrected chi connectivity index (χ1v) is 10.9. The monoisotopic (exact) mass is 455 g/mol. The Balaban J connectivity index is 1.34. The van der Waals surface area contributed by atoms with E-state index in [1.165, 1.54) is 11.3 Å². The molecule has 33 heavy (non-hydrogen) atoms. The molecule has 1 unspecified atom stereocenters. The number of hydrogen-bond acceptors (Lipinski definition) is 9. The number of carbonyl (C=O) groups is 1. The molecule has 0 saturated heterocycles. The third kappa shape index (κ3) is 4.62. The summed E-state index contributed by atoms with van der Waals surface area (Å²) in [6.07, 6.45) is 0. The molecule has 0 aliphatic heterocycles. The second-order valence-corrected chi connectivity index (χ2v) is 8.09. The molecular formula is C22H17N9OS. The van der Waals surface area contributed by atoms with Crippen LogP contribution in [0.4, 0.5) is 11.1 Å². The van der Waals surface area contributed by atoms with Crippen molar-refractivity contribution in [2.24, 2.45) is 10.2 Å². The molecule has 3 aromatic heterocycles. The average Bonchev–Trinajstić information content (AvgIpc) is 3.52. The minimum Gasteiger partial charge on any atom is -0.286 e. The van der Waals surface area contributed by atoms with Crippen molar-refractivity contribution in [3.8, 4) is 11.3 Å². The van der Waals surface area contributed by atoms with Crippen LogP contribution in [0.2, 0.25) is 0 Å². The van der Waals surface area contributed by atoms with E-state index >= 15 is 0 Å². The van der Waals surface area contributed by atoms with E-state index in [9.17, 15) is 4.79 Å². The Morgan fingerprint density at radius 1 is 1.06 bits per heavy atom. The molecule has 0 bridgehead atoms. The highest BCUT2D eigenvalue weighted by Gasteiger charge is 2.13. The van der Waals surface area contributed by atoms with Crippen molar-refractivity contribution in [2.75, 3.05) is 5.32 Å². The van der Waals surface area contributed by atoms with Gasteiger partial charge >= 0.3 is 0 Å². The Kier molecular flexibility index (Phi) is 5.60. The molecule has 0 radical (unpaired) electrons. The van der Waals surface area contributed by atoms with Crippen LogP contribution >= 0.6 is 11.3 Å². The van der Waals surface area contributed by atoms with Gasteiger partial charge < -0.3 is 0 Å². The number of nitrogens with zero attached hydrogens (tertiary/aromatic N) is 7. The van der Waals surface area contributed by atoms with Crippen molar-refractivity contribution >= 4 is 38.5 Å². The molecule has 1 amide bonds. The maximum Gasteiger partial charge on any atom is 0.276 e. The van der Waals surface area contributed by atoms with E-state index in [0.717, 1.165) is 21.3 Å². The number of pyridine rings is 1. The highest BCUT2D eigenvalue weighted by atomic mass is 32.1. The summed E-state index contributed by atoms with van der Waals surface area (Å²) in [5.41, 5.74) is 3.66. The van der Waals surface area contributed by atoms with E-state index in [1.54, 1.807) is 12.1 Å². The van der Waals surface area contributed by atoms with Crippen LogP contribution in [0.1, 0.15) is 29.0 Å². The number of amides is 1. The lowest BCUT2D eigenvalue weighted by Gasteiger charge is -2.09. The number of thiazole rings is 1. The van der Waals surface area contributed by atoms with E-state index < -0.39 is 5.91 Å². The Bertz CT molecular complexity index is 1410. The summed E-state index contributed by atoms with van der Waals surface area (Å²) in [6, 6.07) is 20.8. The zero-order valence-electron chi connectivity index (χ0n) is 17.4. The number of para-hydroxylation sites is 1. The average molecular weight is 456 g/mol. The number of hydrogen-bond donors (Lipinski definition) is 2. The maximum atomic E-state index is 12.4. The lowest BCUT2D eigenvalue weighted by Crippen LogP contribution is -2.15. The van der Waals surface area contributed by atoms with Crippen molar-refractivity contribution in [1.29, 1.82) is 0 Å². The molecule has 162 valence electrons. The van der Waals surface area contributed by atoms with Gasteiger partial charge in [-0.15, -0.1) is 10.2 Å². The highest BCUT2D eigenvalue weighted by Crippen LogP contribution is 2.30. The van der Waals surface area contributed by atoms with Gasteiger partial charge in [0.1, 0.15) is 5.69 Å². The van der Waals surface area contributed by atoms with E-state index in [1.807, 2.05) is 61.5 Å². The van der Waals surface area contributed by atoms with Gasteiger partial charge in [0.25, 0.3) is 11.9 Å². The van der Waals surface area contributed by atoms with Crippen molar-refractivity contribution in [3.05, 3.63) is 78.0 Å². The predicted molar refractivity (Wildman–Crippen MR) is 124 cm³/mol. The summed E-state index contributed by atoms with van der Waals surface area (Å²) in [5.74, 6) is -0.339. The topological polar surface area (TPSA) is 134 Å². The molecular weight excluding hydrogens is 438 g/mol. The second kappa shape index (κ2) is 9.01. The number of nitrogens with one attached hydrogen (secondary N) is 2. The number of rotatable bonds is 6. The van der Waals surface area contributed by atoms with Crippen LogP contribution in [0.25, 0.3) is 21.5 Å². The lowest BCUT2D eigenvalue weighted by atomic mass is 10.0. The first kappa shape index (κ1) is 20.5. The van der Waals surface area contributed by atoms with Crippen LogP contribution in [0.15, 0.2) is 77.0 Å². The SMILES string of the molecule is CC(N=Nc1nc2ccccc2s1)c1cccc(-c2cccc(C(=O)Nc3nn[nH]n3)n2)c1. The van der Waals surface area contributed by atoms with Gasteiger partial charge in [0.2, 0.25) is 5.13 Å². The molecule has 2 aromatic carbocycles. The van der Waals surface area contributed by atoms with Gasteiger partial charge in [-0.25, -0.2) is 9.97 Å². The zero-order valence-corrected chi connectivity index (χ0v) is 18.2. The number of azo groups is 1. The quantitative estimate of drug-likeness (QED) is 0.347. The van der Waals surface area contributed by atoms with Crippen molar-refractivity contribution < 1.29 is 4.79 Å². The fraction of sp³-hybridized carbons (Fsp3) is 0.0909. The first-order valence-electron chi connectivity index (χ1n) is 10.0. The number of carbonyl (C=O) groups excluding carboxylic acids is 1. The van der Waals surface area contributed by atoms with Gasteiger partial charge in [-0.2, -0.15) is 10.3 Å². The van der Waals surface area contributed by atoms with Gasteiger partial charge in [-0.3, -0.25) is 10.1 Å². The summed E-state index contributed by atoms with van der Waals surface area (Å²) < 4.78 is 1.08. The van der Waals surface area contributed by atoms with Crippen molar-refractivity contribution in [3.63, 3.8) is 0 Å². The van der Waals surface area contributed by atoms with Crippen molar-refractivity contribution in [1.82, 2.24) is 30.6 Å². The summed E-state index contributed by atoms with van der Waals surface area (Å²) >= 11 is 1.51. The fourth-order valence-electron chi connectivity index (χ4n) is 3.17. The molecule has 3 heterocycles. The number of anilines is 1. The van der Waals surface area contributed by atoms with E-state index in [0.29, 0.717) is 10.8 Å². The van der Waals surface area contributed by atoms with Gasteiger partial charge in [-0.05, 0) is 48.0 Å². The largest absolute Gasteiger partial charge is 0.286 e. The minimum atomic E-state index is -0.424. The lowest BCUT2D eigenvalue weighted by molar-refractivity contribution is 0.102. The summed E-state index contributed by atoms with van der Waals surface area (Å²) in [5, 5.41) is 25.1. The van der Waals surface area contributed by atoms with Crippen LogP contribution in [-0.4, -0.2) is 36.5 Å². The van der Waals surface area contributed by atoms with E-state index in [4.69, 9.17) is 0 Å². The van der Waals surface area contributed by atoms with E-state index in [2.05, 4.69) is 46.1 Å². The molecule has 0 spiro atoms. The molecule has 1 atom stereocenters. The molecule has 0 fully saturated rings. The zero-order chi connectivity index (χ0) is 22.6. The number of tetrazole rings is 1. The Morgan fingerprint density at radius 3 is 2.79 bits per heavy atom. The highest BCUT2D eigenvalue weighted by molar-refractivity contribution is 7.21. The third-order valence-corrected chi connectivity index (χ3v) is 5.74. The predicted octanol–water partition coefficient (Wildman–Crippen LogP) is 4.97. The molecule has 0 saturated carbocycles. The molecule has 11 heteroatoms. The van der Waals surface area contributed by atoms with Crippen LogP contribution < -0.4 is 5.32 Å².